The van der Waals surface area contributed by atoms with Gasteiger partial charge in [0.15, 0.2) is 0 Å². The van der Waals surface area contributed by atoms with Crippen LogP contribution in [0.5, 0.6) is 5.75 Å². The zero-order chi connectivity index (χ0) is 11.5. The van der Waals surface area contributed by atoms with Gasteiger partial charge in [-0.05, 0) is 37.6 Å². The number of ether oxygens (including phenoxy) is 1. The monoisotopic (exact) mass is 218 g/mol. The molecule has 0 aliphatic rings. The minimum Gasteiger partial charge on any atom is -0.491 e. The molecule has 0 heterocycles. The Balaban J connectivity index is 2.73. The van der Waals surface area contributed by atoms with Crippen LogP contribution in [0.2, 0.25) is 0 Å². The summed E-state index contributed by atoms with van der Waals surface area (Å²) in [5.74, 6) is 0.470. The molecule has 0 saturated heterocycles. The molecule has 1 aromatic carbocycles. The quantitative estimate of drug-likeness (QED) is 0.748. The standard InChI is InChI=1S/C11H13F3O/c1-3-8(2)15-10-6-4-9(5-7-10)11(12,13)14/h4-8H,3H2,1-2H3/t8-/m0/s1. The number of rotatable bonds is 3. The van der Waals surface area contributed by atoms with Gasteiger partial charge in [-0.2, -0.15) is 13.2 Å². The first-order valence-electron chi connectivity index (χ1n) is 4.77. The molecule has 0 unspecified atom stereocenters. The molecule has 0 radical (unpaired) electrons. The van der Waals surface area contributed by atoms with Gasteiger partial charge in [0.2, 0.25) is 0 Å². The fourth-order valence-corrected chi connectivity index (χ4v) is 1.04. The van der Waals surface area contributed by atoms with Crippen molar-refractivity contribution in [3.63, 3.8) is 0 Å². The Labute approximate surface area is 86.9 Å². The molecule has 0 saturated carbocycles. The van der Waals surface area contributed by atoms with Crippen molar-refractivity contribution in [2.24, 2.45) is 0 Å². The van der Waals surface area contributed by atoms with E-state index in [9.17, 15) is 13.2 Å². The van der Waals surface area contributed by atoms with Gasteiger partial charge in [-0.3, -0.25) is 0 Å². The molecule has 0 spiro atoms. The Bertz CT molecular complexity index is 303. The van der Waals surface area contributed by atoms with Crippen LogP contribution in [0.25, 0.3) is 0 Å². The minimum absolute atomic E-state index is 0.0155. The zero-order valence-corrected chi connectivity index (χ0v) is 8.64. The van der Waals surface area contributed by atoms with Crippen LogP contribution in [0.4, 0.5) is 13.2 Å². The lowest BCUT2D eigenvalue weighted by molar-refractivity contribution is -0.137. The van der Waals surface area contributed by atoms with Crippen LogP contribution >= 0.6 is 0 Å². The normalized spacial score (nSPS) is 13.7. The molecule has 84 valence electrons. The Kier molecular flexibility index (Phi) is 3.61. The van der Waals surface area contributed by atoms with E-state index >= 15 is 0 Å². The van der Waals surface area contributed by atoms with Crippen LogP contribution in [0.15, 0.2) is 24.3 Å². The largest absolute Gasteiger partial charge is 0.491 e. The van der Waals surface area contributed by atoms with Gasteiger partial charge in [0, 0.05) is 0 Å². The number of hydrogen-bond acceptors (Lipinski definition) is 1. The van der Waals surface area contributed by atoms with E-state index in [2.05, 4.69) is 0 Å². The highest BCUT2D eigenvalue weighted by atomic mass is 19.4. The average Bonchev–Trinajstić information content (AvgIpc) is 2.17. The van der Waals surface area contributed by atoms with E-state index in [4.69, 9.17) is 4.74 Å². The number of benzene rings is 1. The van der Waals surface area contributed by atoms with Crippen LogP contribution in [0, 0.1) is 0 Å². The summed E-state index contributed by atoms with van der Waals surface area (Å²) in [6.45, 7) is 3.83. The lowest BCUT2D eigenvalue weighted by Gasteiger charge is -2.13. The van der Waals surface area contributed by atoms with E-state index in [1.165, 1.54) is 12.1 Å². The van der Waals surface area contributed by atoms with Gasteiger partial charge >= 0.3 is 6.18 Å². The predicted octanol–water partition coefficient (Wildman–Crippen LogP) is 3.88. The molecule has 1 atom stereocenters. The first kappa shape index (κ1) is 11.9. The van der Waals surface area contributed by atoms with Crippen molar-refractivity contribution in [1.29, 1.82) is 0 Å². The molecule has 0 N–H and O–H groups in total. The molecule has 0 fully saturated rings. The van der Waals surface area contributed by atoms with E-state index in [1.807, 2.05) is 13.8 Å². The van der Waals surface area contributed by atoms with Crippen molar-refractivity contribution in [3.8, 4) is 5.75 Å². The SMILES string of the molecule is CC[C@H](C)Oc1ccc(C(F)(F)F)cc1. The second-order valence-electron chi connectivity index (χ2n) is 3.36. The molecule has 1 nitrogen and oxygen atoms in total. The molecule has 0 aliphatic heterocycles. The molecule has 0 aliphatic carbocycles. The van der Waals surface area contributed by atoms with Crippen LogP contribution < -0.4 is 4.74 Å². The zero-order valence-electron chi connectivity index (χ0n) is 8.64. The van der Waals surface area contributed by atoms with E-state index in [1.54, 1.807) is 0 Å². The summed E-state index contributed by atoms with van der Waals surface area (Å²) >= 11 is 0. The smallest absolute Gasteiger partial charge is 0.416 e. The lowest BCUT2D eigenvalue weighted by atomic mass is 10.2. The Morgan fingerprint density at radius 3 is 2.13 bits per heavy atom. The van der Waals surface area contributed by atoms with Gasteiger partial charge in [-0.1, -0.05) is 6.92 Å². The number of halogens is 3. The van der Waals surface area contributed by atoms with Crippen molar-refractivity contribution < 1.29 is 17.9 Å². The van der Waals surface area contributed by atoms with Gasteiger partial charge in [0.25, 0.3) is 0 Å². The van der Waals surface area contributed by atoms with Crippen molar-refractivity contribution >= 4 is 0 Å². The summed E-state index contributed by atoms with van der Waals surface area (Å²) in [5, 5.41) is 0. The maximum atomic E-state index is 12.2. The fraction of sp³-hybridized carbons (Fsp3) is 0.455. The second kappa shape index (κ2) is 4.55. The van der Waals surface area contributed by atoms with Crippen LogP contribution in [-0.2, 0) is 6.18 Å². The van der Waals surface area contributed by atoms with Crippen molar-refractivity contribution in [3.05, 3.63) is 29.8 Å². The highest BCUT2D eigenvalue weighted by molar-refractivity contribution is 5.28. The highest BCUT2D eigenvalue weighted by Gasteiger charge is 2.30. The van der Waals surface area contributed by atoms with Gasteiger partial charge in [0.1, 0.15) is 5.75 Å². The Morgan fingerprint density at radius 1 is 1.20 bits per heavy atom. The first-order valence-corrected chi connectivity index (χ1v) is 4.77. The van der Waals surface area contributed by atoms with E-state index in [-0.39, 0.29) is 6.10 Å². The molecule has 1 aromatic rings. The van der Waals surface area contributed by atoms with Gasteiger partial charge in [-0.25, -0.2) is 0 Å². The summed E-state index contributed by atoms with van der Waals surface area (Å²) in [6, 6.07) is 4.74. The maximum Gasteiger partial charge on any atom is 0.416 e. The van der Waals surface area contributed by atoms with Crippen molar-refractivity contribution in [2.45, 2.75) is 32.5 Å². The van der Waals surface area contributed by atoms with Crippen LogP contribution in [0.1, 0.15) is 25.8 Å². The second-order valence-corrected chi connectivity index (χ2v) is 3.36. The molecule has 0 bridgehead atoms. The Morgan fingerprint density at radius 2 is 1.73 bits per heavy atom. The van der Waals surface area contributed by atoms with E-state index < -0.39 is 11.7 Å². The third kappa shape index (κ3) is 3.46. The van der Waals surface area contributed by atoms with Crippen LogP contribution in [0.3, 0.4) is 0 Å². The third-order valence-electron chi connectivity index (χ3n) is 2.09. The molecule has 0 aromatic heterocycles. The Hall–Kier alpha value is -1.19. The van der Waals surface area contributed by atoms with Gasteiger partial charge in [-0.15, -0.1) is 0 Å². The summed E-state index contributed by atoms with van der Waals surface area (Å²) in [7, 11) is 0. The highest BCUT2D eigenvalue weighted by Crippen LogP contribution is 2.30. The predicted molar refractivity (Wildman–Crippen MR) is 51.8 cm³/mol. The van der Waals surface area contributed by atoms with Crippen LogP contribution in [-0.4, -0.2) is 6.10 Å². The summed E-state index contributed by atoms with van der Waals surface area (Å²) < 4.78 is 42.0. The lowest BCUT2D eigenvalue weighted by Crippen LogP contribution is -2.10. The molecule has 0 amide bonds. The molecular formula is C11H13F3O. The minimum atomic E-state index is -4.28. The van der Waals surface area contributed by atoms with Gasteiger partial charge < -0.3 is 4.74 Å². The van der Waals surface area contributed by atoms with Crippen molar-refractivity contribution in [1.82, 2.24) is 0 Å². The molecule has 4 heteroatoms. The summed E-state index contributed by atoms with van der Waals surface area (Å²) in [6.07, 6.45) is -3.45. The maximum absolute atomic E-state index is 12.2. The fourth-order valence-electron chi connectivity index (χ4n) is 1.04. The third-order valence-corrected chi connectivity index (χ3v) is 2.09. The number of alkyl halides is 3. The van der Waals surface area contributed by atoms with E-state index in [0.29, 0.717) is 5.75 Å². The first-order chi connectivity index (χ1) is 6.93. The molecule has 15 heavy (non-hydrogen) atoms. The van der Waals surface area contributed by atoms with E-state index in [0.717, 1.165) is 18.6 Å². The molecular weight excluding hydrogens is 205 g/mol. The average molecular weight is 218 g/mol. The number of hydrogen-bond donors (Lipinski definition) is 0. The van der Waals surface area contributed by atoms with Crippen molar-refractivity contribution in [2.75, 3.05) is 0 Å². The van der Waals surface area contributed by atoms with Gasteiger partial charge in [0.05, 0.1) is 11.7 Å². The topological polar surface area (TPSA) is 9.23 Å². The summed E-state index contributed by atoms with van der Waals surface area (Å²) in [4.78, 5) is 0. The summed E-state index contributed by atoms with van der Waals surface area (Å²) in [5.41, 5.74) is -0.654. The molecule has 1 rings (SSSR count).